The second kappa shape index (κ2) is 16.9. The number of methoxy groups -OCH3 is 2. The van der Waals surface area contributed by atoms with Gasteiger partial charge in [-0.25, -0.2) is 19.4 Å². The van der Waals surface area contributed by atoms with E-state index in [0.29, 0.717) is 53.9 Å². The maximum absolute atomic E-state index is 13.7. The molecular formula is C44H51N7O8. The molecule has 0 bridgehead atoms. The molecule has 310 valence electrons. The molecule has 3 aliphatic heterocycles. The molecule has 4 aromatic rings. The highest BCUT2D eigenvalue weighted by atomic mass is 16.5. The number of carboxylic acids is 1. The van der Waals surface area contributed by atoms with E-state index in [4.69, 9.17) is 19.5 Å². The first-order valence-corrected chi connectivity index (χ1v) is 20.2. The van der Waals surface area contributed by atoms with Crippen LogP contribution in [0.4, 0.5) is 15.3 Å². The number of H-pyrrole nitrogens is 1. The Bertz CT molecular complexity index is 2330. The van der Waals surface area contributed by atoms with Crippen LogP contribution in [0.1, 0.15) is 81.2 Å². The van der Waals surface area contributed by atoms with Crippen LogP contribution < -0.4 is 10.6 Å². The Morgan fingerprint density at radius 2 is 1.34 bits per heavy atom. The van der Waals surface area contributed by atoms with Crippen molar-refractivity contribution in [1.29, 1.82) is 0 Å². The number of nitrogens with zero attached hydrogens (tertiary/aromatic N) is 4. The molecule has 4 atom stereocenters. The average molecular weight is 806 g/mol. The van der Waals surface area contributed by atoms with Crippen LogP contribution in [-0.4, -0.2) is 106 Å². The third kappa shape index (κ3) is 8.23. The van der Waals surface area contributed by atoms with E-state index in [9.17, 15) is 29.1 Å². The number of alkyl carbamates (subject to hydrolysis) is 2. The fourth-order valence-corrected chi connectivity index (χ4v) is 8.55. The van der Waals surface area contributed by atoms with Crippen LogP contribution in [0.2, 0.25) is 0 Å². The molecule has 4 amide bonds. The first-order chi connectivity index (χ1) is 28.3. The van der Waals surface area contributed by atoms with Crippen molar-refractivity contribution in [3.63, 3.8) is 0 Å². The number of aromatic amines is 1. The van der Waals surface area contributed by atoms with Gasteiger partial charge in [-0.05, 0) is 95.7 Å². The van der Waals surface area contributed by atoms with Gasteiger partial charge in [-0.2, -0.15) is 0 Å². The molecule has 1 aromatic heterocycles. The third-order valence-corrected chi connectivity index (χ3v) is 11.7. The van der Waals surface area contributed by atoms with Crippen molar-refractivity contribution in [2.45, 2.75) is 84.0 Å². The van der Waals surface area contributed by atoms with Crippen molar-refractivity contribution in [2.75, 3.05) is 27.3 Å². The molecule has 0 spiro atoms. The molecule has 7 rings (SSSR count). The van der Waals surface area contributed by atoms with Gasteiger partial charge in [-0.15, -0.1) is 0 Å². The monoisotopic (exact) mass is 805 g/mol. The Balaban J connectivity index is 1.09. The normalized spacial score (nSPS) is 18.5. The second-order valence-electron chi connectivity index (χ2n) is 16.1. The van der Waals surface area contributed by atoms with Crippen LogP contribution in [0, 0.1) is 11.8 Å². The van der Waals surface area contributed by atoms with E-state index >= 15 is 0 Å². The van der Waals surface area contributed by atoms with Crippen LogP contribution in [0.3, 0.4) is 0 Å². The fraction of sp³-hybridized carbons (Fsp3) is 0.432. The van der Waals surface area contributed by atoms with E-state index in [-0.39, 0.29) is 41.3 Å². The topological polar surface area (TPSA) is 196 Å². The number of nitrogens with one attached hydrogen (secondary N) is 3. The molecule has 2 fully saturated rings. The molecule has 0 unspecified atom stereocenters. The van der Waals surface area contributed by atoms with Crippen molar-refractivity contribution < 1.29 is 38.6 Å². The summed E-state index contributed by atoms with van der Waals surface area (Å²) in [6.45, 7) is 8.62. The van der Waals surface area contributed by atoms with Gasteiger partial charge >= 0.3 is 18.2 Å². The number of fused-ring (bicyclic) bond motifs is 2. The van der Waals surface area contributed by atoms with Crippen LogP contribution in [0.25, 0.3) is 33.3 Å². The number of rotatable bonds is 11. The highest BCUT2D eigenvalue weighted by molar-refractivity contribution is 6.02. The predicted octanol–water partition coefficient (Wildman–Crippen LogP) is 6.64. The molecule has 4 N–H and O–H groups in total. The van der Waals surface area contributed by atoms with Crippen molar-refractivity contribution in [1.82, 2.24) is 30.4 Å². The number of hydrogen-bond acceptors (Lipinski definition) is 9. The van der Waals surface area contributed by atoms with E-state index in [2.05, 4.69) is 15.6 Å². The van der Waals surface area contributed by atoms with Gasteiger partial charge in [0.25, 0.3) is 0 Å². The molecule has 0 radical (unpaired) electrons. The molecule has 3 aliphatic rings. The van der Waals surface area contributed by atoms with Gasteiger partial charge in [0.1, 0.15) is 17.9 Å². The van der Waals surface area contributed by atoms with Crippen molar-refractivity contribution in [3.05, 3.63) is 71.5 Å². The van der Waals surface area contributed by atoms with Gasteiger partial charge < -0.3 is 40.0 Å². The Morgan fingerprint density at radius 1 is 0.763 bits per heavy atom. The molecule has 15 nitrogen and oxygen atoms in total. The summed E-state index contributed by atoms with van der Waals surface area (Å²) < 4.78 is 9.53. The maximum atomic E-state index is 13.7. The molecule has 0 saturated carbocycles. The van der Waals surface area contributed by atoms with E-state index in [1.165, 1.54) is 14.2 Å². The number of ether oxygens (including phenoxy) is 2. The Kier molecular flexibility index (Phi) is 11.7. The van der Waals surface area contributed by atoms with Gasteiger partial charge in [0.05, 0.1) is 48.6 Å². The molecule has 3 aromatic carbocycles. The Labute approximate surface area is 342 Å². The van der Waals surface area contributed by atoms with Gasteiger partial charge in [-0.3, -0.25) is 14.6 Å². The summed E-state index contributed by atoms with van der Waals surface area (Å²) in [5.41, 5.74) is 7.08. The molecule has 2 saturated heterocycles. The number of imidazole rings is 1. The minimum absolute atomic E-state index is 0.133. The lowest BCUT2D eigenvalue weighted by Gasteiger charge is -2.30. The lowest BCUT2D eigenvalue weighted by atomic mass is 9.93. The number of benzene rings is 3. The summed E-state index contributed by atoms with van der Waals surface area (Å²) in [7, 11) is 2.54. The van der Waals surface area contributed by atoms with Crippen molar-refractivity contribution in [3.8, 4) is 22.3 Å². The molecular weight excluding hydrogens is 755 g/mol. The minimum atomic E-state index is -1.06. The standard InChI is InChI=1S/C44H51N7O8/c1-23(2)37(48-43(56)58-5)40(52)50-17-7-9-35(50)34-22-28-19-25(12-15-31(28)45-34)26-11-14-29(30(20-26)42(54)55)27-13-16-32-33(21-27)47-39(46-32)36-10-8-18-51(36)41(53)38(24(3)4)49-44(57)59-6/h11-16,19-21,23-24,35-38H,7-10,17-18,22H2,1-6H3,(H,46,47)(H,48,56)(H,49,57)(H,54,55)/t35-,36-,37-,38-/m0/s1. The first-order valence-electron chi connectivity index (χ1n) is 20.2. The van der Waals surface area contributed by atoms with Crippen LogP contribution in [-0.2, 0) is 25.5 Å². The van der Waals surface area contributed by atoms with Gasteiger partial charge in [0, 0.05) is 25.2 Å². The highest BCUT2D eigenvalue weighted by Gasteiger charge is 2.40. The molecule has 4 heterocycles. The number of aromatic carboxylic acids is 1. The maximum Gasteiger partial charge on any atom is 0.407 e. The number of likely N-dealkylation sites (tertiary alicyclic amines) is 2. The van der Waals surface area contributed by atoms with Crippen LogP contribution in [0.5, 0.6) is 0 Å². The van der Waals surface area contributed by atoms with Gasteiger partial charge in [0.15, 0.2) is 0 Å². The number of aliphatic imine (C=N–C) groups is 1. The summed E-state index contributed by atoms with van der Waals surface area (Å²) in [5.74, 6) is -1.08. The number of carboxylic acid groups (broad SMARTS) is 1. The zero-order valence-electron chi connectivity index (χ0n) is 34.2. The van der Waals surface area contributed by atoms with Crippen molar-refractivity contribution >= 4 is 52.4 Å². The Morgan fingerprint density at radius 3 is 1.95 bits per heavy atom. The van der Waals surface area contributed by atoms with Gasteiger partial charge in [-0.1, -0.05) is 52.0 Å². The molecule has 15 heteroatoms. The lowest BCUT2D eigenvalue weighted by molar-refractivity contribution is -0.135. The summed E-state index contributed by atoms with van der Waals surface area (Å²) in [5, 5.41) is 15.8. The number of aromatic nitrogens is 2. The summed E-state index contributed by atoms with van der Waals surface area (Å²) in [6, 6.07) is 14.9. The largest absolute Gasteiger partial charge is 0.478 e. The van der Waals surface area contributed by atoms with Crippen molar-refractivity contribution in [2.24, 2.45) is 16.8 Å². The zero-order valence-corrected chi connectivity index (χ0v) is 34.2. The average Bonchev–Trinajstić information content (AvgIpc) is 4.05. The number of amides is 4. The van der Waals surface area contributed by atoms with E-state index in [1.54, 1.807) is 11.0 Å². The van der Waals surface area contributed by atoms with Gasteiger partial charge in [0.2, 0.25) is 11.8 Å². The quantitative estimate of drug-likeness (QED) is 0.129. The lowest BCUT2D eigenvalue weighted by Crippen LogP contribution is -2.53. The van der Waals surface area contributed by atoms with Crippen LogP contribution in [0.15, 0.2) is 59.6 Å². The minimum Gasteiger partial charge on any atom is -0.478 e. The highest BCUT2D eigenvalue weighted by Crippen LogP contribution is 2.38. The van der Waals surface area contributed by atoms with E-state index in [1.807, 2.05) is 81.1 Å². The smallest absolute Gasteiger partial charge is 0.407 e. The number of hydrogen-bond donors (Lipinski definition) is 4. The summed E-state index contributed by atoms with van der Waals surface area (Å²) in [6.07, 6.45) is 2.34. The summed E-state index contributed by atoms with van der Waals surface area (Å²) in [4.78, 5) is 80.9. The summed E-state index contributed by atoms with van der Waals surface area (Å²) >= 11 is 0. The molecule has 0 aliphatic carbocycles. The first kappa shape index (κ1) is 40.9. The number of carbonyl (C=O) groups excluding carboxylic acids is 4. The van der Waals surface area contributed by atoms with E-state index < -0.39 is 30.2 Å². The SMILES string of the molecule is COC(=O)N[C@H](C(=O)N1CCC[C@H]1C1=Nc2ccc(-c3ccc(-c4ccc5nc([C@@H]6CCCN6C(=O)[C@@H](NC(=O)OC)C(C)C)[nH]c5c4)c(C(=O)O)c3)cc2C1)C(C)C. The van der Waals surface area contributed by atoms with Crippen LogP contribution >= 0.6 is 0 Å². The number of carbonyl (C=O) groups is 5. The second-order valence-corrected chi connectivity index (χ2v) is 16.1. The predicted molar refractivity (Wildman–Crippen MR) is 221 cm³/mol. The Hall–Kier alpha value is -6.25. The third-order valence-electron chi connectivity index (χ3n) is 11.7. The fourth-order valence-electron chi connectivity index (χ4n) is 8.55. The molecule has 59 heavy (non-hydrogen) atoms. The van der Waals surface area contributed by atoms with E-state index in [0.717, 1.165) is 47.4 Å². The zero-order chi connectivity index (χ0) is 42.1.